The topological polar surface area (TPSA) is 20.3 Å². The summed E-state index contributed by atoms with van der Waals surface area (Å²) in [5.41, 5.74) is 4.74. The number of ketones is 1. The van der Waals surface area contributed by atoms with Crippen LogP contribution in [0, 0.1) is 13.8 Å². The van der Waals surface area contributed by atoms with E-state index in [-0.39, 0.29) is 5.78 Å². The Balaban J connectivity index is 0.000000604. The molecular formula is C26H41NO. The van der Waals surface area contributed by atoms with E-state index in [1.807, 2.05) is 32.0 Å². The van der Waals surface area contributed by atoms with E-state index in [1.54, 1.807) is 6.92 Å². The van der Waals surface area contributed by atoms with Crippen LogP contribution in [0.15, 0.2) is 48.5 Å². The minimum absolute atomic E-state index is 0.175. The molecule has 2 aromatic carbocycles. The molecule has 0 amide bonds. The summed E-state index contributed by atoms with van der Waals surface area (Å²) in [6.07, 6.45) is 4.57. The summed E-state index contributed by atoms with van der Waals surface area (Å²) >= 11 is 0. The minimum atomic E-state index is 0.175. The molecular weight excluding hydrogens is 342 g/mol. The predicted molar refractivity (Wildman–Crippen MR) is 124 cm³/mol. The SMILES string of the molecule is CC.CCCN(C)CCCCc1ccccc1C(C)=O.Cc1ccc(C)cc1. The summed E-state index contributed by atoms with van der Waals surface area (Å²) in [5, 5.41) is 0. The molecule has 0 unspecified atom stereocenters. The highest BCUT2D eigenvalue weighted by atomic mass is 16.1. The molecule has 2 nitrogen and oxygen atoms in total. The molecule has 2 aromatic rings. The Morgan fingerprint density at radius 1 is 0.857 bits per heavy atom. The van der Waals surface area contributed by atoms with Gasteiger partial charge in [0.05, 0.1) is 0 Å². The number of Topliss-reactive ketones (excluding diaryl/α,β-unsaturated/α-hetero) is 1. The number of benzene rings is 2. The van der Waals surface area contributed by atoms with E-state index in [0.29, 0.717) is 0 Å². The Labute approximate surface area is 174 Å². The van der Waals surface area contributed by atoms with Gasteiger partial charge in [-0.25, -0.2) is 0 Å². The van der Waals surface area contributed by atoms with Crippen LogP contribution in [0.3, 0.4) is 0 Å². The minimum Gasteiger partial charge on any atom is -0.306 e. The van der Waals surface area contributed by atoms with E-state index in [0.717, 1.165) is 24.9 Å². The molecule has 0 saturated carbocycles. The lowest BCUT2D eigenvalue weighted by atomic mass is 9.99. The number of hydrogen-bond acceptors (Lipinski definition) is 2. The molecule has 156 valence electrons. The molecule has 0 aromatic heterocycles. The van der Waals surface area contributed by atoms with Crippen LogP contribution >= 0.6 is 0 Å². The lowest BCUT2D eigenvalue weighted by molar-refractivity contribution is 0.101. The number of unbranched alkanes of at least 4 members (excludes halogenated alkanes) is 1. The summed E-state index contributed by atoms with van der Waals surface area (Å²) in [4.78, 5) is 13.9. The Hall–Kier alpha value is -1.93. The molecule has 0 spiro atoms. The molecule has 0 atom stereocenters. The van der Waals surface area contributed by atoms with Crippen LogP contribution in [0.5, 0.6) is 0 Å². The van der Waals surface area contributed by atoms with E-state index in [1.165, 1.54) is 36.1 Å². The van der Waals surface area contributed by atoms with Gasteiger partial charge in [0.15, 0.2) is 5.78 Å². The second-order valence-corrected chi connectivity index (χ2v) is 7.13. The van der Waals surface area contributed by atoms with Gasteiger partial charge in [0, 0.05) is 5.56 Å². The molecule has 0 bridgehead atoms. The lowest BCUT2D eigenvalue weighted by Crippen LogP contribution is -2.20. The van der Waals surface area contributed by atoms with E-state index in [2.05, 4.69) is 63.1 Å². The first-order chi connectivity index (χ1) is 13.4. The Bertz CT molecular complexity index is 625. The zero-order valence-electron chi connectivity index (χ0n) is 19.2. The molecule has 0 N–H and O–H groups in total. The van der Waals surface area contributed by atoms with Gasteiger partial charge >= 0.3 is 0 Å². The van der Waals surface area contributed by atoms with Gasteiger partial charge in [-0.15, -0.1) is 0 Å². The predicted octanol–water partition coefficient (Wildman–Crippen LogP) is 6.88. The number of nitrogens with zero attached hydrogens (tertiary/aromatic N) is 1. The third kappa shape index (κ3) is 11.7. The summed E-state index contributed by atoms with van der Waals surface area (Å²) < 4.78 is 0. The average molecular weight is 384 g/mol. The largest absolute Gasteiger partial charge is 0.306 e. The number of carbonyl (C=O) groups is 1. The molecule has 0 aliphatic rings. The van der Waals surface area contributed by atoms with Crippen LogP contribution in [0.1, 0.15) is 74.0 Å². The number of rotatable bonds is 8. The Morgan fingerprint density at radius 3 is 1.89 bits per heavy atom. The first-order valence-electron chi connectivity index (χ1n) is 10.7. The van der Waals surface area contributed by atoms with E-state index in [9.17, 15) is 4.79 Å². The molecule has 0 heterocycles. The first-order valence-corrected chi connectivity index (χ1v) is 10.7. The molecule has 28 heavy (non-hydrogen) atoms. The van der Waals surface area contributed by atoms with Crippen molar-refractivity contribution < 1.29 is 4.79 Å². The van der Waals surface area contributed by atoms with Crippen molar-refractivity contribution in [2.75, 3.05) is 20.1 Å². The molecule has 0 aliphatic carbocycles. The fourth-order valence-electron chi connectivity index (χ4n) is 2.91. The fourth-order valence-corrected chi connectivity index (χ4v) is 2.91. The van der Waals surface area contributed by atoms with Crippen molar-refractivity contribution in [1.82, 2.24) is 4.90 Å². The Morgan fingerprint density at radius 2 is 1.39 bits per heavy atom. The number of carbonyl (C=O) groups excluding carboxylic acids is 1. The summed E-state index contributed by atoms with van der Waals surface area (Å²) in [7, 11) is 2.17. The van der Waals surface area contributed by atoms with Crippen molar-refractivity contribution in [3.63, 3.8) is 0 Å². The normalized spacial score (nSPS) is 9.86. The van der Waals surface area contributed by atoms with Crippen molar-refractivity contribution in [3.05, 3.63) is 70.8 Å². The first kappa shape index (κ1) is 26.1. The van der Waals surface area contributed by atoms with Crippen LogP contribution < -0.4 is 0 Å². The molecule has 0 saturated heterocycles. The molecule has 0 fully saturated rings. The lowest BCUT2D eigenvalue weighted by Gasteiger charge is -2.15. The third-order valence-electron chi connectivity index (χ3n) is 4.46. The van der Waals surface area contributed by atoms with Crippen molar-refractivity contribution in [3.8, 4) is 0 Å². The second-order valence-electron chi connectivity index (χ2n) is 7.13. The summed E-state index contributed by atoms with van der Waals surface area (Å²) in [6.45, 7) is 14.4. The Kier molecular flexibility index (Phi) is 15.0. The quantitative estimate of drug-likeness (QED) is 0.365. The van der Waals surface area contributed by atoms with Gasteiger partial charge in [-0.2, -0.15) is 0 Å². The third-order valence-corrected chi connectivity index (χ3v) is 4.46. The van der Waals surface area contributed by atoms with Gasteiger partial charge in [-0.05, 0) is 72.2 Å². The zero-order chi connectivity index (χ0) is 21.4. The fraction of sp³-hybridized carbons (Fsp3) is 0.500. The van der Waals surface area contributed by atoms with Crippen LogP contribution in [0.25, 0.3) is 0 Å². The smallest absolute Gasteiger partial charge is 0.160 e. The van der Waals surface area contributed by atoms with Crippen molar-refractivity contribution in [1.29, 1.82) is 0 Å². The van der Waals surface area contributed by atoms with Crippen LogP contribution in [-0.4, -0.2) is 30.8 Å². The van der Waals surface area contributed by atoms with Crippen molar-refractivity contribution in [2.24, 2.45) is 0 Å². The maximum atomic E-state index is 11.5. The van der Waals surface area contributed by atoms with Gasteiger partial charge in [0.25, 0.3) is 0 Å². The van der Waals surface area contributed by atoms with Crippen LogP contribution in [-0.2, 0) is 6.42 Å². The maximum Gasteiger partial charge on any atom is 0.160 e. The highest BCUT2D eigenvalue weighted by Gasteiger charge is 2.05. The number of aryl methyl sites for hydroxylation is 3. The zero-order valence-corrected chi connectivity index (χ0v) is 19.2. The van der Waals surface area contributed by atoms with Crippen LogP contribution in [0.4, 0.5) is 0 Å². The van der Waals surface area contributed by atoms with Crippen LogP contribution in [0.2, 0.25) is 0 Å². The molecule has 2 heteroatoms. The van der Waals surface area contributed by atoms with E-state index < -0.39 is 0 Å². The molecule has 0 aliphatic heterocycles. The molecule has 2 rings (SSSR count). The van der Waals surface area contributed by atoms with E-state index in [4.69, 9.17) is 0 Å². The second kappa shape index (κ2) is 16.1. The van der Waals surface area contributed by atoms with Gasteiger partial charge in [-0.1, -0.05) is 80.4 Å². The highest BCUT2D eigenvalue weighted by Crippen LogP contribution is 2.13. The standard InChI is InChI=1S/C16H25NO.C8H10.C2H6/c1-4-12-17(3)13-8-7-10-15-9-5-6-11-16(15)14(2)18;1-7-3-5-8(2)6-4-7;1-2/h5-6,9,11H,4,7-8,10,12-13H2,1-3H3;3-6H,1-2H3;1-2H3. The van der Waals surface area contributed by atoms with Crippen molar-refractivity contribution >= 4 is 5.78 Å². The monoisotopic (exact) mass is 383 g/mol. The maximum absolute atomic E-state index is 11.5. The van der Waals surface area contributed by atoms with Crippen molar-refractivity contribution in [2.45, 2.75) is 67.2 Å². The van der Waals surface area contributed by atoms with Gasteiger partial charge < -0.3 is 4.90 Å². The van der Waals surface area contributed by atoms with Gasteiger partial charge in [0.2, 0.25) is 0 Å². The van der Waals surface area contributed by atoms with Gasteiger partial charge in [0.1, 0.15) is 0 Å². The number of hydrogen-bond donors (Lipinski definition) is 0. The van der Waals surface area contributed by atoms with Gasteiger partial charge in [-0.3, -0.25) is 4.79 Å². The summed E-state index contributed by atoms with van der Waals surface area (Å²) in [5.74, 6) is 0.175. The average Bonchev–Trinajstić information content (AvgIpc) is 2.70. The highest BCUT2D eigenvalue weighted by molar-refractivity contribution is 5.95. The summed E-state index contributed by atoms with van der Waals surface area (Å²) in [6, 6.07) is 16.4. The van der Waals surface area contributed by atoms with E-state index >= 15 is 0 Å². The molecule has 0 radical (unpaired) electrons.